The fraction of sp³-hybridized carbons (Fsp3) is 0. The van der Waals surface area contributed by atoms with Gasteiger partial charge in [0.05, 0.1) is 0 Å². The fourth-order valence-electron chi connectivity index (χ4n) is 21.2. The average Bonchev–Trinajstić information content (AvgIpc) is 1.54. The van der Waals surface area contributed by atoms with Crippen molar-refractivity contribution in [1.82, 2.24) is 44.9 Å². The van der Waals surface area contributed by atoms with E-state index in [-0.39, 0.29) is 0 Å². The summed E-state index contributed by atoms with van der Waals surface area (Å²) < 4.78 is 0. The molecule has 686 valence electrons. The Labute approximate surface area is 851 Å². The molecular formula is C137H89N9Si. The van der Waals surface area contributed by atoms with E-state index in [0.717, 1.165) is 93.7 Å². The third kappa shape index (κ3) is 17.0. The van der Waals surface area contributed by atoms with Crippen molar-refractivity contribution in [3.05, 3.63) is 540 Å². The molecule has 0 spiro atoms. The molecule has 28 rings (SSSR count). The van der Waals surface area contributed by atoms with Crippen molar-refractivity contribution in [2.24, 2.45) is 0 Å². The van der Waals surface area contributed by atoms with Gasteiger partial charge in [0.15, 0.2) is 60.5 Å². The van der Waals surface area contributed by atoms with Crippen LogP contribution in [-0.2, 0) is 0 Å². The van der Waals surface area contributed by atoms with E-state index in [1.54, 1.807) is 0 Å². The minimum Gasteiger partial charge on any atom is -0.208 e. The van der Waals surface area contributed by atoms with Crippen molar-refractivity contribution in [3.8, 4) is 158 Å². The van der Waals surface area contributed by atoms with Gasteiger partial charge in [0.2, 0.25) is 0 Å². The van der Waals surface area contributed by atoms with Gasteiger partial charge in [0.25, 0.3) is 0 Å². The lowest BCUT2D eigenvalue weighted by atomic mass is 9.98. The number of nitrogens with zero attached hydrogens (tertiary/aromatic N) is 9. The molecule has 0 amide bonds. The third-order valence-electron chi connectivity index (χ3n) is 28.6. The van der Waals surface area contributed by atoms with Crippen LogP contribution in [0.15, 0.2) is 540 Å². The summed E-state index contributed by atoms with van der Waals surface area (Å²) in [7, 11) is -2.67. The highest BCUT2D eigenvalue weighted by Crippen LogP contribution is 2.40. The molecule has 0 fully saturated rings. The second-order valence-corrected chi connectivity index (χ2v) is 41.1. The maximum absolute atomic E-state index is 5.21. The van der Waals surface area contributed by atoms with E-state index in [9.17, 15) is 0 Å². The van der Waals surface area contributed by atoms with Crippen LogP contribution in [0.25, 0.3) is 244 Å². The highest BCUT2D eigenvalue weighted by Gasteiger charge is 2.48. The van der Waals surface area contributed by atoms with Crippen molar-refractivity contribution in [1.29, 1.82) is 0 Å². The molecule has 0 atom stereocenters. The predicted molar refractivity (Wildman–Crippen MR) is 613 cm³/mol. The molecule has 147 heavy (non-hydrogen) atoms. The SMILES string of the molecule is c1ccc(-c2ccc(-c3ccc(-c4nc(-c5ccc6ccccc6c5)nc(-c5ccc6c(ccc7ccccc76)c5)n4)cc3)cc2)cc1.c1ccc(-c2cccc(-c3ccc(-c4nc(-c5ccc6ccccc6c5)nc(-c5ccc6c(ccc7ccccc76)c5)n4)cc3)c2)cc1.c1ccc(-c2nc(-c3cccc([Si]4(c5ccccc5)c5ccccc5-c5ccccc54)c3)nc(-c3ccc4c(ccc5ccccc54)c3)n2)cc1. The number of benzene rings is 24. The lowest BCUT2D eigenvalue weighted by molar-refractivity contribution is 1.07. The topological polar surface area (TPSA) is 116 Å². The number of hydrogen-bond donors (Lipinski definition) is 0. The van der Waals surface area contributed by atoms with Crippen LogP contribution >= 0.6 is 0 Å². The van der Waals surface area contributed by atoms with Gasteiger partial charge >= 0.3 is 0 Å². The van der Waals surface area contributed by atoms with Gasteiger partial charge in [0, 0.05) is 50.1 Å². The minimum absolute atomic E-state index is 0.645. The van der Waals surface area contributed by atoms with Gasteiger partial charge in [-0.3, -0.25) is 0 Å². The monoisotopic (exact) mass is 1890 g/mol. The standard InChI is InChI=1S/C47H31N3Si.2C45H29N3/c1-3-15-33(16-4-1)45-48-46(50-47(49-45)36-28-29-40-34(30-36)27-26-32-14-7-8-21-39(32)40)35-17-13-20-38(31-35)51(37-18-5-2-6-19-37)43-24-11-9-22-41(43)42-23-10-12-25-44(42)51;1-2-9-30(10-3-1)36-14-8-15-37(27-36)32-17-21-34(22-18-32)43-46-44(39-24-19-31-11-4-5-13-35(31)28-39)48-45(47-43)40-25-26-42-38(29-40)23-20-33-12-6-7-16-41(33)42;1-2-8-30(9-3-1)32-14-16-33(17-15-32)34-18-22-36(23-19-34)43-46-44(39-25-20-31-10-4-5-12-37(31)28-39)48-45(47-43)40-26-27-42-38(29-40)24-21-35-11-6-7-13-41(35)42/h1-31H;2*1-29H. The predicted octanol–water partition coefficient (Wildman–Crippen LogP) is 31.9. The Kier molecular flexibility index (Phi) is 22.8. The van der Waals surface area contributed by atoms with Gasteiger partial charge in [-0.1, -0.05) is 504 Å². The normalized spacial score (nSPS) is 11.9. The van der Waals surface area contributed by atoms with Crippen LogP contribution in [0.2, 0.25) is 0 Å². The molecule has 10 heteroatoms. The van der Waals surface area contributed by atoms with Crippen LogP contribution in [0, 0.1) is 0 Å². The highest BCUT2D eigenvalue weighted by molar-refractivity contribution is 7.22. The average molecular weight is 1890 g/mol. The Morgan fingerprint density at radius 2 is 0.320 bits per heavy atom. The molecule has 0 unspecified atom stereocenters. The van der Waals surface area contributed by atoms with Crippen LogP contribution in [0.3, 0.4) is 0 Å². The molecule has 0 saturated carbocycles. The minimum atomic E-state index is -2.67. The van der Waals surface area contributed by atoms with Crippen LogP contribution in [-0.4, -0.2) is 52.9 Å². The van der Waals surface area contributed by atoms with Gasteiger partial charge in [0.1, 0.15) is 0 Å². The van der Waals surface area contributed by atoms with E-state index in [4.69, 9.17) is 44.9 Å². The first-order valence-corrected chi connectivity index (χ1v) is 51.7. The van der Waals surface area contributed by atoms with E-state index in [2.05, 4.69) is 510 Å². The molecule has 9 nitrogen and oxygen atoms in total. The van der Waals surface area contributed by atoms with E-state index >= 15 is 0 Å². The highest BCUT2D eigenvalue weighted by atomic mass is 28.3. The van der Waals surface area contributed by atoms with Gasteiger partial charge in [-0.15, -0.1) is 0 Å². The van der Waals surface area contributed by atoms with Crippen LogP contribution in [0.4, 0.5) is 0 Å². The van der Waals surface area contributed by atoms with Gasteiger partial charge in [-0.05, 0) is 199 Å². The maximum Gasteiger partial charge on any atom is 0.180 e. The molecular weight excluding hydrogens is 1800 g/mol. The molecule has 1 aliphatic rings. The smallest absolute Gasteiger partial charge is 0.180 e. The van der Waals surface area contributed by atoms with E-state index in [1.807, 2.05) is 30.3 Å². The Bertz CT molecular complexity index is 9690. The molecule has 0 N–H and O–H groups in total. The molecule has 0 radical (unpaired) electrons. The molecule has 3 aromatic heterocycles. The summed E-state index contributed by atoms with van der Waals surface area (Å²) in [6.07, 6.45) is 0. The van der Waals surface area contributed by atoms with Crippen LogP contribution < -0.4 is 20.7 Å². The number of hydrogen-bond acceptors (Lipinski definition) is 9. The molecule has 1 aliphatic heterocycles. The van der Waals surface area contributed by atoms with Crippen LogP contribution in [0.1, 0.15) is 0 Å². The Morgan fingerprint density at radius 3 is 0.701 bits per heavy atom. The van der Waals surface area contributed by atoms with Crippen molar-refractivity contribution < 1.29 is 0 Å². The van der Waals surface area contributed by atoms with E-state index in [0.29, 0.717) is 52.4 Å². The van der Waals surface area contributed by atoms with Crippen molar-refractivity contribution in [2.45, 2.75) is 0 Å². The summed E-state index contributed by atoms with van der Waals surface area (Å²) in [5.41, 5.74) is 20.7. The third-order valence-corrected chi connectivity index (χ3v) is 33.5. The molecule has 0 saturated heterocycles. The summed E-state index contributed by atoms with van der Waals surface area (Å²) in [4.78, 5) is 45.7. The first-order valence-electron chi connectivity index (χ1n) is 49.7. The van der Waals surface area contributed by atoms with Gasteiger partial charge in [-0.2, -0.15) is 0 Å². The van der Waals surface area contributed by atoms with Crippen LogP contribution in [0.5, 0.6) is 0 Å². The lowest BCUT2D eigenvalue weighted by Gasteiger charge is -2.31. The molecule has 27 aromatic rings. The largest absolute Gasteiger partial charge is 0.208 e. The quantitative estimate of drug-likeness (QED) is 0.0731. The van der Waals surface area contributed by atoms with Crippen molar-refractivity contribution in [3.63, 3.8) is 0 Å². The van der Waals surface area contributed by atoms with Crippen molar-refractivity contribution in [2.75, 3.05) is 0 Å². The molecule has 0 aliphatic carbocycles. The summed E-state index contributed by atoms with van der Waals surface area (Å²) in [6, 6.07) is 191. The summed E-state index contributed by atoms with van der Waals surface area (Å²) in [6.45, 7) is 0. The zero-order valence-corrected chi connectivity index (χ0v) is 80.9. The summed E-state index contributed by atoms with van der Waals surface area (Å²) in [5.74, 6) is 5.88. The Balaban J connectivity index is 0.000000112. The van der Waals surface area contributed by atoms with E-state index in [1.165, 1.54) is 119 Å². The van der Waals surface area contributed by atoms with E-state index < -0.39 is 8.07 Å². The second kappa shape index (κ2) is 38.2. The molecule has 0 bridgehead atoms. The maximum atomic E-state index is 5.21. The zero-order chi connectivity index (χ0) is 97.5. The Morgan fingerprint density at radius 1 is 0.109 bits per heavy atom. The van der Waals surface area contributed by atoms with Gasteiger partial charge in [-0.25, -0.2) is 44.9 Å². The fourth-order valence-corrected chi connectivity index (χ4v) is 26.4. The number of aromatic nitrogens is 9. The number of fused-ring (bicyclic) bond motifs is 14. The lowest BCUT2D eigenvalue weighted by Crippen LogP contribution is -2.72. The second-order valence-electron chi connectivity index (χ2n) is 37.4. The molecule has 24 aromatic carbocycles. The summed E-state index contributed by atoms with van der Waals surface area (Å²) in [5, 5.41) is 24.7. The zero-order valence-electron chi connectivity index (χ0n) is 79.9. The summed E-state index contributed by atoms with van der Waals surface area (Å²) >= 11 is 0. The van der Waals surface area contributed by atoms with Crippen molar-refractivity contribution >= 4 is 115 Å². The Hall–Kier alpha value is -19.4. The van der Waals surface area contributed by atoms with Gasteiger partial charge < -0.3 is 0 Å². The first kappa shape index (κ1) is 87.8. The molecule has 4 heterocycles. The first-order chi connectivity index (χ1) is 72.8. The number of rotatable bonds is 15.